The molecule has 4 nitrogen and oxygen atoms in total. The number of benzene rings is 1. The second-order valence-corrected chi connectivity index (χ2v) is 4.59. The molecule has 1 fully saturated rings. The normalized spacial score (nSPS) is 14.8. The number of hydrogen-bond acceptors (Lipinski definition) is 2. The Morgan fingerprint density at radius 2 is 2.05 bits per heavy atom. The monoisotopic (exact) mass is 411 g/mol. The highest BCUT2D eigenvalue weighted by atomic mass is 127. The molecule has 0 unspecified atom stereocenters. The van der Waals surface area contributed by atoms with Crippen LogP contribution < -0.4 is 10.1 Å². The molecule has 0 radical (unpaired) electrons. The largest absolute Gasteiger partial charge is 0.489 e. The van der Waals surface area contributed by atoms with Crippen molar-refractivity contribution in [3.63, 3.8) is 0 Å². The van der Waals surface area contributed by atoms with E-state index in [9.17, 15) is 8.78 Å². The summed E-state index contributed by atoms with van der Waals surface area (Å²) >= 11 is 0. The standard InChI is InChI=1S/C14H19F2N3O.HI/c1-17-14(19-7-2-3-8-19)18-6-9-20-13-5-4-11(15)10-12(13)16;/h4-5,10H,2-3,6-9H2,1H3,(H,17,18);1H. The summed E-state index contributed by atoms with van der Waals surface area (Å²) in [5.74, 6) is -0.397. The zero-order valence-electron chi connectivity index (χ0n) is 11.9. The van der Waals surface area contributed by atoms with E-state index in [0.29, 0.717) is 6.54 Å². The van der Waals surface area contributed by atoms with E-state index in [4.69, 9.17) is 4.74 Å². The Morgan fingerprint density at radius 1 is 1.33 bits per heavy atom. The molecule has 1 N–H and O–H groups in total. The first-order chi connectivity index (χ1) is 9.70. The Balaban J connectivity index is 0.00000220. The first kappa shape index (κ1) is 17.9. The highest BCUT2D eigenvalue weighted by Crippen LogP contribution is 2.17. The minimum absolute atomic E-state index is 0. The average Bonchev–Trinajstić information content (AvgIpc) is 2.95. The second kappa shape index (κ2) is 9.01. The third-order valence-electron chi connectivity index (χ3n) is 3.15. The molecule has 1 aliphatic rings. The van der Waals surface area contributed by atoms with Crippen molar-refractivity contribution in [2.75, 3.05) is 33.3 Å². The summed E-state index contributed by atoms with van der Waals surface area (Å²) in [6.07, 6.45) is 2.36. The van der Waals surface area contributed by atoms with Crippen molar-refractivity contribution in [3.05, 3.63) is 29.8 Å². The van der Waals surface area contributed by atoms with E-state index in [0.717, 1.165) is 25.1 Å². The van der Waals surface area contributed by atoms with Gasteiger partial charge < -0.3 is 15.0 Å². The fourth-order valence-corrected chi connectivity index (χ4v) is 2.18. The minimum Gasteiger partial charge on any atom is -0.489 e. The number of rotatable bonds is 4. The number of guanidine groups is 1. The summed E-state index contributed by atoms with van der Waals surface area (Å²) in [5, 5.41) is 3.17. The van der Waals surface area contributed by atoms with Gasteiger partial charge in [0.15, 0.2) is 17.5 Å². The molecule has 1 aromatic rings. The highest BCUT2D eigenvalue weighted by Gasteiger charge is 2.15. The van der Waals surface area contributed by atoms with Gasteiger partial charge in [0.05, 0.1) is 6.54 Å². The smallest absolute Gasteiger partial charge is 0.193 e. The van der Waals surface area contributed by atoms with Gasteiger partial charge in [-0.3, -0.25) is 4.99 Å². The summed E-state index contributed by atoms with van der Waals surface area (Å²) in [4.78, 5) is 6.38. The average molecular weight is 411 g/mol. The van der Waals surface area contributed by atoms with Crippen LogP contribution >= 0.6 is 24.0 Å². The van der Waals surface area contributed by atoms with Gasteiger partial charge >= 0.3 is 0 Å². The molecule has 1 aliphatic heterocycles. The Labute approximate surface area is 140 Å². The maximum atomic E-state index is 13.3. The molecule has 0 atom stereocenters. The van der Waals surface area contributed by atoms with Crippen LogP contribution in [0.4, 0.5) is 8.78 Å². The lowest BCUT2D eigenvalue weighted by Crippen LogP contribution is -2.41. The van der Waals surface area contributed by atoms with Gasteiger partial charge in [-0.2, -0.15) is 0 Å². The Bertz CT molecular complexity index is 479. The van der Waals surface area contributed by atoms with Crippen molar-refractivity contribution in [2.45, 2.75) is 12.8 Å². The van der Waals surface area contributed by atoms with Gasteiger partial charge in [-0.25, -0.2) is 8.78 Å². The number of nitrogens with one attached hydrogen (secondary N) is 1. The van der Waals surface area contributed by atoms with E-state index in [-0.39, 0.29) is 36.3 Å². The van der Waals surface area contributed by atoms with Crippen LogP contribution in [-0.4, -0.2) is 44.1 Å². The summed E-state index contributed by atoms with van der Waals surface area (Å²) < 4.78 is 31.3. The molecule has 0 aliphatic carbocycles. The summed E-state index contributed by atoms with van der Waals surface area (Å²) in [5.41, 5.74) is 0. The fourth-order valence-electron chi connectivity index (χ4n) is 2.18. The van der Waals surface area contributed by atoms with Crippen LogP contribution in [0.1, 0.15) is 12.8 Å². The maximum Gasteiger partial charge on any atom is 0.193 e. The van der Waals surface area contributed by atoms with Gasteiger partial charge in [0.1, 0.15) is 12.4 Å². The number of aliphatic imine (C=N–C) groups is 1. The van der Waals surface area contributed by atoms with Crippen LogP contribution in [0, 0.1) is 11.6 Å². The van der Waals surface area contributed by atoms with Crippen molar-refractivity contribution in [3.8, 4) is 5.75 Å². The molecule has 0 bridgehead atoms. The molecular formula is C14H20F2IN3O. The van der Waals surface area contributed by atoms with E-state index in [1.807, 2.05) is 0 Å². The highest BCUT2D eigenvalue weighted by molar-refractivity contribution is 14.0. The molecule has 1 saturated heterocycles. The number of likely N-dealkylation sites (tertiary alicyclic amines) is 1. The lowest BCUT2D eigenvalue weighted by molar-refractivity contribution is 0.302. The molecule has 0 saturated carbocycles. The second-order valence-electron chi connectivity index (χ2n) is 4.59. The van der Waals surface area contributed by atoms with Crippen LogP contribution in [0.15, 0.2) is 23.2 Å². The molecule has 0 aromatic heterocycles. The molecule has 1 heterocycles. The number of nitrogens with zero attached hydrogens (tertiary/aromatic N) is 2. The quantitative estimate of drug-likeness (QED) is 0.358. The first-order valence-corrected chi connectivity index (χ1v) is 6.74. The van der Waals surface area contributed by atoms with Crippen molar-refractivity contribution in [1.29, 1.82) is 0 Å². The minimum atomic E-state index is -0.686. The zero-order valence-corrected chi connectivity index (χ0v) is 14.3. The van der Waals surface area contributed by atoms with Crippen molar-refractivity contribution in [2.24, 2.45) is 4.99 Å². The van der Waals surface area contributed by atoms with Crippen LogP contribution in [0.2, 0.25) is 0 Å². The van der Waals surface area contributed by atoms with Crippen LogP contribution in [0.25, 0.3) is 0 Å². The third-order valence-corrected chi connectivity index (χ3v) is 3.15. The lowest BCUT2D eigenvalue weighted by atomic mass is 10.3. The zero-order chi connectivity index (χ0) is 14.4. The predicted molar refractivity (Wildman–Crippen MR) is 89.4 cm³/mol. The van der Waals surface area contributed by atoms with Gasteiger partial charge in [-0.05, 0) is 25.0 Å². The van der Waals surface area contributed by atoms with E-state index in [1.54, 1.807) is 7.05 Å². The summed E-state index contributed by atoms with van der Waals surface area (Å²) in [6, 6.07) is 3.28. The molecule has 2 rings (SSSR count). The van der Waals surface area contributed by atoms with Gasteiger partial charge in [0.2, 0.25) is 0 Å². The molecule has 21 heavy (non-hydrogen) atoms. The lowest BCUT2D eigenvalue weighted by Gasteiger charge is -2.20. The van der Waals surface area contributed by atoms with Crippen LogP contribution in [0.3, 0.4) is 0 Å². The fraction of sp³-hybridized carbons (Fsp3) is 0.500. The van der Waals surface area contributed by atoms with Crippen molar-refractivity contribution in [1.82, 2.24) is 10.2 Å². The molecular weight excluding hydrogens is 391 g/mol. The maximum absolute atomic E-state index is 13.3. The molecule has 0 amide bonds. The van der Waals surface area contributed by atoms with Crippen LogP contribution in [0.5, 0.6) is 5.75 Å². The number of hydrogen-bond donors (Lipinski definition) is 1. The number of halogens is 3. The van der Waals surface area contributed by atoms with E-state index in [1.165, 1.54) is 25.0 Å². The van der Waals surface area contributed by atoms with Crippen molar-refractivity contribution >= 4 is 29.9 Å². The van der Waals surface area contributed by atoms with Crippen molar-refractivity contribution < 1.29 is 13.5 Å². The van der Waals surface area contributed by atoms with Gasteiger partial charge in [0.25, 0.3) is 0 Å². The SMILES string of the molecule is CN=C(NCCOc1ccc(F)cc1F)N1CCCC1.I. The Kier molecular flexibility index (Phi) is 7.69. The Morgan fingerprint density at radius 3 is 2.67 bits per heavy atom. The van der Waals surface area contributed by atoms with Gasteiger partial charge in [0, 0.05) is 26.2 Å². The van der Waals surface area contributed by atoms with Gasteiger partial charge in [-0.15, -0.1) is 24.0 Å². The van der Waals surface area contributed by atoms with Crippen LogP contribution in [-0.2, 0) is 0 Å². The summed E-state index contributed by atoms with van der Waals surface area (Å²) in [7, 11) is 1.74. The predicted octanol–water partition coefficient (Wildman–Crippen LogP) is 2.63. The number of ether oxygens (including phenoxy) is 1. The molecule has 7 heteroatoms. The van der Waals surface area contributed by atoms with E-state index in [2.05, 4.69) is 15.2 Å². The topological polar surface area (TPSA) is 36.9 Å². The molecule has 1 aromatic carbocycles. The molecule has 118 valence electrons. The first-order valence-electron chi connectivity index (χ1n) is 6.74. The molecule has 0 spiro atoms. The Hall–Kier alpha value is -1.12. The summed E-state index contributed by atoms with van der Waals surface area (Å²) in [6.45, 7) is 2.82. The third kappa shape index (κ3) is 5.29. The van der Waals surface area contributed by atoms with E-state index >= 15 is 0 Å². The van der Waals surface area contributed by atoms with Gasteiger partial charge in [-0.1, -0.05) is 0 Å². The van der Waals surface area contributed by atoms with E-state index < -0.39 is 11.6 Å².